The highest BCUT2D eigenvalue weighted by atomic mass is 19.1. The smallest absolute Gasteiger partial charge is 0.223 e. The SMILES string of the molecule is C[C@@H](Nc1cc(Nc2cc(C3CC3)[nH]n2)nc(N)n1)c1ccc(F)cc1F. The molecule has 7 nitrogen and oxygen atoms in total. The molecule has 1 saturated carbocycles. The quantitative estimate of drug-likeness (QED) is 0.525. The van der Waals surface area contributed by atoms with E-state index in [4.69, 9.17) is 5.73 Å². The molecule has 0 aliphatic heterocycles. The van der Waals surface area contributed by atoms with Crippen LogP contribution in [0.4, 0.5) is 32.2 Å². The normalized spacial score (nSPS) is 14.8. The van der Waals surface area contributed by atoms with Gasteiger partial charge in [0, 0.05) is 35.4 Å². The number of H-pyrrole nitrogens is 1. The van der Waals surface area contributed by atoms with Crippen molar-refractivity contribution in [3.63, 3.8) is 0 Å². The Morgan fingerprint density at radius 1 is 1.11 bits per heavy atom. The first kappa shape index (κ1) is 17.2. The summed E-state index contributed by atoms with van der Waals surface area (Å²) in [7, 11) is 0. The summed E-state index contributed by atoms with van der Waals surface area (Å²) in [5.74, 6) is 0.896. The van der Waals surface area contributed by atoms with Crippen LogP contribution in [0.5, 0.6) is 0 Å². The van der Waals surface area contributed by atoms with Crippen LogP contribution in [0.2, 0.25) is 0 Å². The van der Waals surface area contributed by atoms with Crippen LogP contribution in [0.3, 0.4) is 0 Å². The molecule has 1 atom stereocenters. The monoisotopic (exact) mass is 371 g/mol. The highest BCUT2D eigenvalue weighted by Gasteiger charge is 2.25. The summed E-state index contributed by atoms with van der Waals surface area (Å²) in [5.41, 5.74) is 7.21. The molecule has 0 saturated heterocycles. The Hall–Kier alpha value is -3.23. The molecular weight excluding hydrogens is 352 g/mol. The summed E-state index contributed by atoms with van der Waals surface area (Å²) in [6.45, 7) is 1.75. The summed E-state index contributed by atoms with van der Waals surface area (Å²) < 4.78 is 27.1. The van der Waals surface area contributed by atoms with Gasteiger partial charge < -0.3 is 16.4 Å². The molecule has 3 aromatic rings. The third-order valence-corrected chi connectivity index (χ3v) is 4.41. The van der Waals surface area contributed by atoms with E-state index < -0.39 is 17.7 Å². The molecule has 0 spiro atoms. The summed E-state index contributed by atoms with van der Waals surface area (Å²) in [5, 5.41) is 13.4. The van der Waals surface area contributed by atoms with Gasteiger partial charge in [-0.15, -0.1) is 0 Å². The summed E-state index contributed by atoms with van der Waals surface area (Å²) in [4.78, 5) is 8.27. The molecule has 0 unspecified atom stereocenters. The molecule has 0 amide bonds. The van der Waals surface area contributed by atoms with Gasteiger partial charge in [-0.25, -0.2) is 8.78 Å². The Labute approximate surface area is 154 Å². The molecular formula is C18H19F2N7. The number of nitrogens with zero attached hydrogens (tertiary/aromatic N) is 3. The zero-order chi connectivity index (χ0) is 19.0. The zero-order valence-electron chi connectivity index (χ0n) is 14.6. The van der Waals surface area contributed by atoms with Crippen LogP contribution in [0.1, 0.15) is 43.0 Å². The van der Waals surface area contributed by atoms with E-state index >= 15 is 0 Å². The van der Waals surface area contributed by atoms with Gasteiger partial charge in [0.1, 0.15) is 23.3 Å². The van der Waals surface area contributed by atoms with Crippen molar-refractivity contribution in [3.8, 4) is 0 Å². The molecule has 2 aromatic heterocycles. The molecule has 140 valence electrons. The van der Waals surface area contributed by atoms with Crippen LogP contribution in [-0.2, 0) is 0 Å². The predicted octanol–water partition coefficient (Wildman–Crippen LogP) is 3.85. The highest BCUT2D eigenvalue weighted by molar-refractivity contribution is 5.59. The van der Waals surface area contributed by atoms with E-state index in [9.17, 15) is 8.78 Å². The van der Waals surface area contributed by atoms with Gasteiger partial charge >= 0.3 is 0 Å². The van der Waals surface area contributed by atoms with E-state index in [0.717, 1.165) is 11.8 Å². The van der Waals surface area contributed by atoms with Gasteiger partial charge in [-0.2, -0.15) is 15.1 Å². The molecule has 0 radical (unpaired) electrons. The third kappa shape index (κ3) is 3.97. The minimum Gasteiger partial charge on any atom is -0.368 e. The number of hydrogen-bond donors (Lipinski definition) is 4. The number of hydrogen-bond acceptors (Lipinski definition) is 6. The maximum atomic E-state index is 14.0. The van der Waals surface area contributed by atoms with Gasteiger partial charge in [-0.3, -0.25) is 5.10 Å². The number of rotatable bonds is 6. The number of halogens is 2. The lowest BCUT2D eigenvalue weighted by molar-refractivity contribution is 0.566. The molecule has 0 bridgehead atoms. The number of aromatic amines is 1. The van der Waals surface area contributed by atoms with Gasteiger partial charge in [0.2, 0.25) is 5.95 Å². The first-order valence-corrected chi connectivity index (χ1v) is 8.66. The highest BCUT2D eigenvalue weighted by Crippen LogP contribution is 2.39. The number of nitrogens with two attached hydrogens (primary N) is 1. The molecule has 1 fully saturated rings. The Morgan fingerprint density at radius 3 is 2.63 bits per heavy atom. The zero-order valence-corrected chi connectivity index (χ0v) is 14.6. The molecule has 27 heavy (non-hydrogen) atoms. The van der Waals surface area contributed by atoms with Crippen LogP contribution < -0.4 is 16.4 Å². The lowest BCUT2D eigenvalue weighted by atomic mass is 10.1. The Morgan fingerprint density at radius 2 is 1.89 bits per heavy atom. The molecule has 4 rings (SSSR count). The van der Waals surface area contributed by atoms with Crippen LogP contribution in [0.25, 0.3) is 0 Å². The fourth-order valence-electron chi connectivity index (χ4n) is 2.89. The molecule has 1 aromatic carbocycles. The maximum absolute atomic E-state index is 14.0. The fraction of sp³-hybridized carbons (Fsp3) is 0.278. The van der Waals surface area contributed by atoms with Crippen LogP contribution in [0.15, 0.2) is 30.3 Å². The van der Waals surface area contributed by atoms with E-state index in [1.54, 1.807) is 13.0 Å². The van der Waals surface area contributed by atoms with Gasteiger partial charge in [0.25, 0.3) is 0 Å². The second-order valence-corrected chi connectivity index (χ2v) is 6.64. The van der Waals surface area contributed by atoms with Crippen molar-refractivity contribution in [2.75, 3.05) is 16.4 Å². The fourth-order valence-corrected chi connectivity index (χ4v) is 2.89. The van der Waals surface area contributed by atoms with Crippen molar-refractivity contribution in [2.45, 2.75) is 31.7 Å². The van der Waals surface area contributed by atoms with Crippen molar-refractivity contribution in [2.24, 2.45) is 0 Å². The van der Waals surface area contributed by atoms with Crippen molar-refractivity contribution >= 4 is 23.4 Å². The van der Waals surface area contributed by atoms with Crippen LogP contribution in [-0.4, -0.2) is 20.2 Å². The molecule has 1 aliphatic carbocycles. The van der Waals surface area contributed by atoms with Gasteiger partial charge in [0.05, 0.1) is 6.04 Å². The number of nitrogen functional groups attached to an aromatic ring is 1. The van der Waals surface area contributed by atoms with E-state index in [-0.39, 0.29) is 5.95 Å². The minimum atomic E-state index is -0.625. The number of benzene rings is 1. The number of aromatic nitrogens is 4. The first-order valence-electron chi connectivity index (χ1n) is 8.66. The lowest BCUT2D eigenvalue weighted by Gasteiger charge is -2.16. The molecule has 5 N–H and O–H groups in total. The largest absolute Gasteiger partial charge is 0.368 e. The van der Waals surface area contributed by atoms with E-state index in [1.807, 2.05) is 6.07 Å². The standard InChI is InChI=1S/C18H19F2N7/c1-9(12-5-4-11(19)6-13(12)20)22-15-8-16(25-18(21)24-15)23-17-7-14(26-27-17)10-2-3-10/h4-10H,2-3H2,1H3,(H5,21,22,23,24,25,26,27)/t9-/m1/s1. The average Bonchev–Trinajstić information content (AvgIpc) is 3.34. The predicted molar refractivity (Wildman–Crippen MR) is 98.7 cm³/mol. The van der Waals surface area contributed by atoms with Gasteiger partial charge in [-0.05, 0) is 25.8 Å². The molecule has 9 heteroatoms. The third-order valence-electron chi connectivity index (χ3n) is 4.41. The summed E-state index contributed by atoms with van der Waals surface area (Å²) in [6, 6.07) is 6.62. The second-order valence-electron chi connectivity index (χ2n) is 6.64. The summed E-state index contributed by atoms with van der Waals surface area (Å²) >= 11 is 0. The summed E-state index contributed by atoms with van der Waals surface area (Å²) in [6.07, 6.45) is 2.35. The number of anilines is 4. The van der Waals surface area contributed by atoms with E-state index in [1.165, 1.54) is 25.0 Å². The Bertz CT molecular complexity index is 968. The minimum absolute atomic E-state index is 0.0623. The second kappa shape index (κ2) is 6.82. The van der Waals surface area contributed by atoms with Gasteiger partial charge in [-0.1, -0.05) is 6.07 Å². The number of nitrogens with one attached hydrogen (secondary N) is 3. The Balaban J connectivity index is 1.50. The van der Waals surface area contributed by atoms with Crippen molar-refractivity contribution in [1.82, 2.24) is 20.2 Å². The average molecular weight is 371 g/mol. The van der Waals surface area contributed by atoms with Crippen LogP contribution >= 0.6 is 0 Å². The van der Waals surface area contributed by atoms with Crippen LogP contribution in [0, 0.1) is 11.6 Å². The van der Waals surface area contributed by atoms with Crippen molar-refractivity contribution < 1.29 is 8.78 Å². The lowest BCUT2D eigenvalue weighted by Crippen LogP contribution is -2.12. The van der Waals surface area contributed by atoms with Crippen molar-refractivity contribution in [1.29, 1.82) is 0 Å². The first-order chi connectivity index (χ1) is 13.0. The van der Waals surface area contributed by atoms with Gasteiger partial charge in [0.15, 0.2) is 5.82 Å². The topological polar surface area (TPSA) is 105 Å². The molecule has 2 heterocycles. The Kier molecular flexibility index (Phi) is 4.35. The maximum Gasteiger partial charge on any atom is 0.223 e. The van der Waals surface area contributed by atoms with E-state index in [0.29, 0.717) is 28.9 Å². The van der Waals surface area contributed by atoms with E-state index in [2.05, 4.69) is 30.8 Å². The molecule has 1 aliphatic rings. The van der Waals surface area contributed by atoms with Crippen molar-refractivity contribution in [3.05, 3.63) is 53.2 Å².